The third-order valence-electron chi connectivity index (χ3n) is 4.75. The molecule has 0 amide bonds. The van der Waals surface area contributed by atoms with Crippen LogP contribution < -0.4 is 5.32 Å². The number of aliphatic imine (C=N–C) groups is 1. The molecule has 2 saturated heterocycles. The minimum atomic E-state index is 0. The van der Waals surface area contributed by atoms with E-state index in [-0.39, 0.29) is 36.5 Å². The van der Waals surface area contributed by atoms with E-state index >= 15 is 0 Å². The lowest BCUT2D eigenvalue weighted by Crippen LogP contribution is -2.41. The molecule has 0 aromatic carbocycles. The van der Waals surface area contributed by atoms with E-state index in [9.17, 15) is 0 Å². The summed E-state index contributed by atoms with van der Waals surface area (Å²) < 4.78 is 0. The number of halogens is 1. The summed E-state index contributed by atoms with van der Waals surface area (Å²) in [5, 5.41) is 12.6. The number of aliphatic hydroxyl groups excluding tert-OH is 1. The number of aliphatic hydroxyl groups is 1. The SMILES string of the molecule is CCNC(=NCC(C)CO)N1CCC(CN2CCCCC2)C1.I. The van der Waals surface area contributed by atoms with Crippen molar-refractivity contribution in [2.24, 2.45) is 16.8 Å². The largest absolute Gasteiger partial charge is 0.396 e. The lowest BCUT2D eigenvalue weighted by Gasteiger charge is -2.29. The van der Waals surface area contributed by atoms with Crippen molar-refractivity contribution in [3.8, 4) is 0 Å². The minimum Gasteiger partial charge on any atom is -0.396 e. The second kappa shape index (κ2) is 11.5. The number of nitrogens with one attached hydrogen (secondary N) is 1. The highest BCUT2D eigenvalue weighted by Crippen LogP contribution is 2.20. The molecule has 2 heterocycles. The molecular formula is C17H35IN4O. The molecule has 2 rings (SSSR count). The van der Waals surface area contributed by atoms with Gasteiger partial charge in [0.05, 0.1) is 0 Å². The van der Waals surface area contributed by atoms with Gasteiger partial charge >= 0.3 is 0 Å². The Morgan fingerprint density at radius 2 is 2.00 bits per heavy atom. The van der Waals surface area contributed by atoms with E-state index in [0.717, 1.165) is 31.5 Å². The van der Waals surface area contributed by atoms with Crippen LogP contribution in [0.5, 0.6) is 0 Å². The van der Waals surface area contributed by atoms with Crippen molar-refractivity contribution >= 4 is 29.9 Å². The van der Waals surface area contributed by atoms with Crippen LogP contribution in [0.15, 0.2) is 4.99 Å². The smallest absolute Gasteiger partial charge is 0.193 e. The van der Waals surface area contributed by atoms with Crippen molar-refractivity contribution in [2.75, 3.05) is 52.4 Å². The monoisotopic (exact) mass is 438 g/mol. The number of nitrogens with zero attached hydrogens (tertiary/aromatic N) is 3. The molecule has 23 heavy (non-hydrogen) atoms. The van der Waals surface area contributed by atoms with E-state index in [1.54, 1.807) is 0 Å². The maximum absolute atomic E-state index is 9.16. The van der Waals surface area contributed by atoms with Crippen molar-refractivity contribution in [2.45, 2.75) is 39.5 Å². The first-order valence-electron chi connectivity index (χ1n) is 9.09. The molecule has 0 bridgehead atoms. The number of rotatable bonds is 6. The number of hydrogen-bond donors (Lipinski definition) is 2. The summed E-state index contributed by atoms with van der Waals surface area (Å²) in [7, 11) is 0. The van der Waals surface area contributed by atoms with Gasteiger partial charge < -0.3 is 20.2 Å². The van der Waals surface area contributed by atoms with E-state index in [4.69, 9.17) is 10.1 Å². The average Bonchev–Trinajstić information content (AvgIpc) is 3.00. The zero-order chi connectivity index (χ0) is 15.8. The fraction of sp³-hybridized carbons (Fsp3) is 0.941. The number of likely N-dealkylation sites (tertiary alicyclic amines) is 2. The zero-order valence-electron chi connectivity index (χ0n) is 14.8. The molecule has 2 aliphatic rings. The van der Waals surface area contributed by atoms with Gasteiger partial charge in [0.2, 0.25) is 0 Å². The Kier molecular flexibility index (Phi) is 10.5. The second-order valence-corrected chi connectivity index (χ2v) is 6.94. The number of piperidine rings is 1. The van der Waals surface area contributed by atoms with Gasteiger partial charge in [-0.3, -0.25) is 4.99 Å². The van der Waals surface area contributed by atoms with Crippen LogP contribution in [-0.4, -0.2) is 73.3 Å². The molecule has 2 aliphatic heterocycles. The summed E-state index contributed by atoms with van der Waals surface area (Å²) in [4.78, 5) is 9.76. The maximum atomic E-state index is 9.16. The van der Waals surface area contributed by atoms with Crippen LogP contribution in [0, 0.1) is 11.8 Å². The van der Waals surface area contributed by atoms with Crippen molar-refractivity contribution in [3.63, 3.8) is 0 Å². The predicted octanol–water partition coefficient (Wildman–Crippen LogP) is 2.01. The predicted molar refractivity (Wildman–Crippen MR) is 108 cm³/mol. The van der Waals surface area contributed by atoms with E-state index in [0.29, 0.717) is 6.54 Å². The molecule has 2 atom stereocenters. The van der Waals surface area contributed by atoms with Crippen LogP contribution in [0.1, 0.15) is 39.5 Å². The normalized spacial score (nSPS) is 24.4. The highest BCUT2D eigenvalue weighted by atomic mass is 127. The first kappa shape index (κ1) is 21.0. The fourth-order valence-electron chi connectivity index (χ4n) is 3.41. The van der Waals surface area contributed by atoms with Gasteiger partial charge in [0.25, 0.3) is 0 Å². The summed E-state index contributed by atoms with van der Waals surface area (Å²) >= 11 is 0. The molecule has 0 spiro atoms. The molecule has 2 fully saturated rings. The Morgan fingerprint density at radius 1 is 1.26 bits per heavy atom. The average molecular weight is 438 g/mol. The highest BCUT2D eigenvalue weighted by Gasteiger charge is 2.26. The van der Waals surface area contributed by atoms with Crippen LogP contribution in [0.25, 0.3) is 0 Å². The van der Waals surface area contributed by atoms with Gasteiger partial charge in [0.1, 0.15) is 0 Å². The Balaban J connectivity index is 0.00000264. The van der Waals surface area contributed by atoms with E-state index in [1.165, 1.54) is 45.3 Å². The highest BCUT2D eigenvalue weighted by molar-refractivity contribution is 14.0. The fourth-order valence-corrected chi connectivity index (χ4v) is 3.41. The molecule has 2 N–H and O–H groups in total. The lowest BCUT2D eigenvalue weighted by atomic mass is 10.1. The molecule has 0 aromatic rings. The van der Waals surface area contributed by atoms with Crippen molar-refractivity contribution in [1.29, 1.82) is 0 Å². The van der Waals surface area contributed by atoms with Gasteiger partial charge in [0, 0.05) is 39.3 Å². The topological polar surface area (TPSA) is 51.1 Å². The molecule has 0 aromatic heterocycles. The van der Waals surface area contributed by atoms with Crippen LogP contribution in [0.2, 0.25) is 0 Å². The summed E-state index contributed by atoms with van der Waals surface area (Å²) in [6.45, 7) is 12.0. The van der Waals surface area contributed by atoms with Gasteiger partial charge in [-0.1, -0.05) is 13.3 Å². The Bertz CT molecular complexity index is 347. The van der Waals surface area contributed by atoms with Crippen molar-refractivity contribution < 1.29 is 5.11 Å². The third-order valence-corrected chi connectivity index (χ3v) is 4.75. The summed E-state index contributed by atoms with van der Waals surface area (Å²) in [6, 6.07) is 0. The lowest BCUT2D eigenvalue weighted by molar-refractivity contribution is 0.198. The molecule has 0 radical (unpaired) electrons. The standard InChI is InChI=1S/C17H34N4O.HI/c1-3-18-17(19-11-15(2)14-22)21-10-7-16(13-21)12-20-8-5-4-6-9-20;/h15-16,22H,3-14H2,1-2H3,(H,18,19);1H. The summed E-state index contributed by atoms with van der Waals surface area (Å²) in [5.41, 5.74) is 0. The number of guanidine groups is 1. The van der Waals surface area contributed by atoms with Crippen molar-refractivity contribution in [1.82, 2.24) is 15.1 Å². The van der Waals surface area contributed by atoms with Gasteiger partial charge in [-0.2, -0.15) is 0 Å². The van der Waals surface area contributed by atoms with Crippen LogP contribution in [0.3, 0.4) is 0 Å². The molecule has 6 heteroatoms. The number of hydrogen-bond acceptors (Lipinski definition) is 3. The quantitative estimate of drug-likeness (QED) is 0.379. The van der Waals surface area contributed by atoms with Gasteiger partial charge in [0.15, 0.2) is 5.96 Å². The maximum Gasteiger partial charge on any atom is 0.193 e. The molecule has 0 aliphatic carbocycles. The minimum absolute atomic E-state index is 0. The molecular weight excluding hydrogens is 403 g/mol. The van der Waals surface area contributed by atoms with E-state index in [1.807, 2.05) is 6.92 Å². The van der Waals surface area contributed by atoms with Crippen molar-refractivity contribution in [3.05, 3.63) is 0 Å². The van der Waals surface area contributed by atoms with Crippen LogP contribution in [0.4, 0.5) is 0 Å². The van der Waals surface area contributed by atoms with E-state index in [2.05, 4.69) is 22.0 Å². The van der Waals surface area contributed by atoms with Crippen LogP contribution >= 0.6 is 24.0 Å². The Hall–Kier alpha value is -0.0800. The Morgan fingerprint density at radius 3 is 2.65 bits per heavy atom. The molecule has 5 nitrogen and oxygen atoms in total. The first-order chi connectivity index (χ1) is 10.7. The Labute approximate surface area is 158 Å². The molecule has 2 unspecified atom stereocenters. The summed E-state index contributed by atoms with van der Waals surface area (Å²) in [5.74, 6) is 2.04. The van der Waals surface area contributed by atoms with Gasteiger partial charge in [-0.15, -0.1) is 24.0 Å². The zero-order valence-corrected chi connectivity index (χ0v) is 17.2. The van der Waals surface area contributed by atoms with Gasteiger partial charge in [-0.05, 0) is 51.1 Å². The third kappa shape index (κ3) is 7.13. The second-order valence-electron chi connectivity index (χ2n) is 6.94. The van der Waals surface area contributed by atoms with Crippen LogP contribution in [-0.2, 0) is 0 Å². The van der Waals surface area contributed by atoms with Gasteiger partial charge in [-0.25, -0.2) is 0 Å². The van der Waals surface area contributed by atoms with E-state index < -0.39 is 0 Å². The molecule has 0 saturated carbocycles. The summed E-state index contributed by atoms with van der Waals surface area (Å²) in [6.07, 6.45) is 5.43. The molecule has 136 valence electrons. The first-order valence-corrected chi connectivity index (χ1v) is 9.09.